The van der Waals surface area contributed by atoms with Crippen molar-refractivity contribution in [3.63, 3.8) is 0 Å². The molecule has 1 aromatic heterocycles. The summed E-state index contributed by atoms with van der Waals surface area (Å²) < 4.78 is 4.41. The van der Waals surface area contributed by atoms with E-state index in [9.17, 15) is 4.79 Å². The standard InChI is InChI=1S/C7H9NO3/c1-11-7(10)2-5-3-8-4-6(5)9/h3-4,8-9H,2H2,1H3. The molecule has 11 heavy (non-hydrogen) atoms. The van der Waals surface area contributed by atoms with Gasteiger partial charge in [0.25, 0.3) is 0 Å². The third-order valence-electron chi connectivity index (χ3n) is 1.37. The molecule has 0 bridgehead atoms. The van der Waals surface area contributed by atoms with Gasteiger partial charge in [-0.3, -0.25) is 4.79 Å². The summed E-state index contributed by atoms with van der Waals surface area (Å²) >= 11 is 0. The van der Waals surface area contributed by atoms with Gasteiger partial charge in [0.15, 0.2) is 0 Å². The lowest BCUT2D eigenvalue weighted by atomic mass is 10.2. The van der Waals surface area contributed by atoms with E-state index in [2.05, 4.69) is 9.72 Å². The number of aromatic hydroxyl groups is 1. The van der Waals surface area contributed by atoms with Crippen molar-refractivity contribution in [1.82, 2.24) is 4.98 Å². The molecule has 1 aromatic rings. The predicted molar refractivity (Wildman–Crippen MR) is 38.2 cm³/mol. The summed E-state index contributed by atoms with van der Waals surface area (Å²) in [6.07, 6.45) is 3.08. The van der Waals surface area contributed by atoms with E-state index in [1.807, 2.05) is 0 Å². The van der Waals surface area contributed by atoms with Crippen LogP contribution in [0.25, 0.3) is 0 Å². The Labute approximate surface area is 63.8 Å². The van der Waals surface area contributed by atoms with Gasteiger partial charge in [-0.25, -0.2) is 0 Å². The maximum atomic E-state index is 10.7. The summed E-state index contributed by atoms with van der Waals surface area (Å²) in [5, 5.41) is 9.06. The minimum Gasteiger partial charge on any atom is -0.506 e. The summed E-state index contributed by atoms with van der Waals surface area (Å²) in [4.78, 5) is 13.4. The second kappa shape index (κ2) is 3.09. The molecule has 1 heterocycles. The van der Waals surface area contributed by atoms with Gasteiger partial charge in [0.2, 0.25) is 0 Å². The van der Waals surface area contributed by atoms with Gasteiger partial charge in [-0.15, -0.1) is 0 Å². The summed E-state index contributed by atoms with van der Waals surface area (Å²) in [6, 6.07) is 0. The first-order chi connectivity index (χ1) is 5.24. The first-order valence-electron chi connectivity index (χ1n) is 3.15. The molecule has 60 valence electrons. The van der Waals surface area contributed by atoms with Gasteiger partial charge in [-0.05, 0) is 0 Å². The average molecular weight is 155 g/mol. The maximum absolute atomic E-state index is 10.7. The van der Waals surface area contributed by atoms with Crippen molar-refractivity contribution >= 4 is 5.97 Å². The van der Waals surface area contributed by atoms with Crippen molar-refractivity contribution in [2.45, 2.75) is 6.42 Å². The molecule has 0 amide bonds. The number of aromatic nitrogens is 1. The number of rotatable bonds is 2. The molecule has 0 saturated carbocycles. The summed E-state index contributed by atoms with van der Waals surface area (Å²) in [7, 11) is 1.31. The number of hydrogen-bond acceptors (Lipinski definition) is 3. The van der Waals surface area contributed by atoms with Crippen LogP contribution < -0.4 is 0 Å². The van der Waals surface area contributed by atoms with Gasteiger partial charge in [-0.2, -0.15) is 0 Å². The molecule has 4 nitrogen and oxygen atoms in total. The van der Waals surface area contributed by atoms with Gasteiger partial charge < -0.3 is 14.8 Å². The van der Waals surface area contributed by atoms with Gasteiger partial charge in [0.1, 0.15) is 5.75 Å². The van der Waals surface area contributed by atoms with Crippen LogP contribution >= 0.6 is 0 Å². The normalized spacial score (nSPS) is 9.55. The smallest absolute Gasteiger partial charge is 0.310 e. The molecule has 0 aromatic carbocycles. The molecule has 1 rings (SSSR count). The summed E-state index contributed by atoms with van der Waals surface area (Å²) in [6.45, 7) is 0. The molecule has 2 N–H and O–H groups in total. The molecular weight excluding hydrogens is 146 g/mol. The SMILES string of the molecule is COC(=O)Cc1c[nH]cc1O. The van der Waals surface area contributed by atoms with Gasteiger partial charge in [-0.1, -0.05) is 0 Å². The van der Waals surface area contributed by atoms with Crippen LogP contribution in [-0.2, 0) is 16.0 Å². The van der Waals surface area contributed by atoms with Crippen LogP contribution in [0.3, 0.4) is 0 Å². The van der Waals surface area contributed by atoms with Gasteiger partial charge >= 0.3 is 5.97 Å². The van der Waals surface area contributed by atoms with Crippen LogP contribution in [0, 0.1) is 0 Å². The molecule has 0 aliphatic heterocycles. The Balaban J connectivity index is 2.64. The Morgan fingerprint density at radius 1 is 1.73 bits per heavy atom. The second-order valence-corrected chi connectivity index (χ2v) is 2.12. The lowest BCUT2D eigenvalue weighted by Crippen LogP contribution is -2.03. The first kappa shape index (κ1) is 7.65. The van der Waals surface area contributed by atoms with Crippen molar-refractivity contribution in [3.8, 4) is 5.75 Å². The second-order valence-electron chi connectivity index (χ2n) is 2.12. The predicted octanol–water partition coefficient (Wildman–Crippen LogP) is 0.436. The monoisotopic (exact) mass is 155 g/mol. The number of hydrogen-bond donors (Lipinski definition) is 2. The molecule has 0 radical (unpaired) electrons. The van der Waals surface area contributed by atoms with Gasteiger partial charge in [0.05, 0.1) is 13.5 Å². The Kier molecular flexibility index (Phi) is 2.15. The molecule has 0 aliphatic carbocycles. The minimum atomic E-state index is -0.361. The molecule has 0 saturated heterocycles. The molecule has 0 fully saturated rings. The van der Waals surface area contributed by atoms with E-state index < -0.39 is 0 Å². The lowest BCUT2D eigenvalue weighted by Gasteiger charge is -1.95. The van der Waals surface area contributed by atoms with Crippen molar-refractivity contribution in [1.29, 1.82) is 0 Å². The van der Waals surface area contributed by atoms with Crippen molar-refractivity contribution in [2.75, 3.05) is 7.11 Å². The van der Waals surface area contributed by atoms with E-state index in [0.717, 1.165) is 0 Å². The van der Waals surface area contributed by atoms with Crippen molar-refractivity contribution < 1.29 is 14.6 Å². The van der Waals surface area contributed by atoms with E-state index in [0.29, 0.717) is 5.56 Å². The molecular formula is C7H9NO3. The van der Waals surface area contributed by atoms with E-state index in [4.69, 9.17) is 5.11 Å². The zero-order chi connectivity index (χ0) is 8.27. The van der Waals surface area contributed by atoms with Crippen LogP contribution in [-0.4, -0.2) is 23.2 Å². The molecule has 0 unspecified atom stereocenters. The summed E-state index contributed by atoms with van der Waals surface area (Å²) in [5.74, 6) is -0.268. The third-order valence-corrected chi connectivity index (χ3v) is 1.37. The number of aromatic amines is 1. The quantitative estimate of drug-likeness (QED) is 0.609. The Morgan fingerprint density at radius 2 is 2.45 bits per heavy atom. The zero-order valence-electron chi connectivity index (χ0n) is 6.13. The van der Waals surface area contributed by atoms with E-state index in [1.54, 1.807) is 6.20 Å². The molecule has 0 atom stereocenters. The summed E-state index contributed by atoms with van der Waals surface area (Å²) in [5.41, 5.74) is 0.553. The highest BCUT2D eigenvalue weighted by atomic mass is 16.5. The highest BCUT2D eigenvalue weighted by Gasteiger charge is 2.07. The zero-order valence-corrected chi connectivity index (χ0v) is 6.13. The number of methoxy groups -OCH3 is 1. The maximum Gasteiger partial charge on any atom is 0.310 e. The topological polar surface area (TPSA) is 62.3 Å². The minimum absolute atomic E-state index is 0.0930. The van der Waals surface area contributed by atoms with Crippen LogP contribution in [0.4, 0.5) is 0 Å². The van der Waals surface area contributed by atoms with Crippen LogP contribution in [0.5, 0.6) is 5.75 Å². The average Bonchev–Trinajstić information content (AvgIpc) is 2.37. The van der Waals surface area contributed by atoms with Crippen LogP contribution in [0.1, 0.15) is 5.56 Å². The van der Waals surface area contributed by atoms with Crippen molar-refractivity contribution in [2.24, 2.45) is 0 Å². The number of H-pyrrole nitrogens is 1. The highest BCUT2D eigenvalue weighted by Crippen LogP contribution is 2.15. The fraction of sp³-hybridized carbons (Fsp3) is 0.286. The number of carbonyl (C=O) groups is 1. The van der Waals surface area contributed by atoms with E-state index >= 15 is 0 Å². The Morgan fingerprint density at radius 3 is 2.91 bits per heavy atom. The first-order valence-corrected chi connectivity index (χ1v) is 3.15. The van der Waals surface area contributed by atoms with E-state index in [-0.39, 0.29) is 18.1 Å². The number of esters is 1. The van der Waals surface area contributed by atoms with Crippen LogP contribution in [0.15, 0.2) is 12.4 Å². The largest absolute Gasteiger partial charge is 0.506 e. The number of ether oxygens (including phenoxy) is 1. The highest BCUT2D eigenvalue weighted by molar-refractivity contribution is 5.73. The number of carbonyl (C=O) groups excluding carboxylic acids is 1. The molecule has 4 heteroatoms. The Bertz CT molecular complexity index is 254. The fourth-order valence-electron chi connectivity index (χ4n) is 0.757. The third kappa shape index (κ3) is 1.73. The van der Waals surface area contributed by atoms with Crippen molar-refractivity contribution in [3.05, 3.63) is 18.0 Å². The fourth-order valence-corrected chi connectivity index (χ4v) is 0.757. The molecule has 0 spiro atoms. The lowest BCUT2D eigenvalue weighted by molar-refractivity contribution is -0.139. The molecule has 0 aliphatic rings. The van der Waals surface area contributed by atoms with Crippen LogP contribution in [0.2, 0.25) is 0 Å². The van der Waals surface area contributed by atoms with E-state index in [1.165, 1.54) is 13.3 Å². The van der Waals surface area contributed by atoms with Gasteiger partial charge in [0, 0.05) is 18.0 Å². The Hall–Kier alpha value is -1.45. The number of nitrogens with one attached hydrogen (secondary N) is 1.